The number of hydroxylamine groups is 4. The maximum Gasteiger partial charge on any atom is 0.332 e. The van der Waals surface area contributed by atoms with Gasteiger partial charge in [0.2, 0.25) is 11.7 Å². The number of hydrazine groups is 2. The summed E-state index contributed by atoms with van der Waals surface area (Å²) in [5.41, 5.74) is 0.710. The van der Waals surface area contributed by atoms with Crippen molar-refractivity contribution in [3.8, 4) is 0 Å². The fourth-order valence-electron chi connectivity index (χ4n) is 10.1. The Morgan fingerprint density at radius 2 is 1.53 bits per heavy atom. The predicted octanol–water partition coefficient (Wildman–Crippen LogP) is -0.704. The lowest BCUT2D eigenvalue weighted by Gasteiger charge is -2.48. The number of nitrogens with one attached hydrogen (secondary N) is 3. The number of aliphatic hydroxyl groups is 4. The van der Waals surface area contributed by atoms with Crippen molar-refractivity contribution in [1.82, 2.24) is 41.2 Å². The number of carbonyl (C=O) groups excluding carboxylic acids is 7. The number of nitrogens with zero attached hydrogens (tertiary/aromatic N) is 5. The van der Waals surface area contributed by atoms with Gasteiger partial charge < -0.3 is 40.1 Å². The van der Waals surface area contributed by atoms with E-state index in [4.69, 9.17) is 9.47 Å². The van der Waals surface area contributed by atoms with Crippen LogP contribution in [0, 0.1) is 23.7 Å². The fourth-order valence-corrected chi connectivity index (χ4v) is 10.1. The van der Waals surface area contributed by atoms with Crippen molar-refractivity contribution < 1.29 is 73.9 Å². The number of rotatable bonds is 9. The summed E-state index contributed by atoms with van der Waals surface area (Å²) >= 11 is 0. The molecule has 14 atom stereocenters. The normalized spacial score (nSPS) is 36.6. The molecule has 0 spiro atoms. The van der Waals surface area contributed by atoms with Crippen LogP contribution in [0.1, 0.15) is 127 Å². The molecule has 0 aromatic heterocycles. The Morgan fingerprint density at radius 3 is 2.13 bits per heavy atom. The van der Waals surface area contributed by atoms with E-state index < -0.39 is 125 Å². The van der Waals surface area contributed by atoms with Gasteiger partial charge in [0.05, 0.1) is 17.8 Å². The minimum atomic E-state index is -2.76. The summed E-state index contributed by atoms with van der Waals surface area (Å²) in [4.78, 5) is 103. The molecule has 5 aliphatic heterocycles. The molecule has 5 aliphatic rings. The van der Waals surface area contributed by atoms with Crippen molar-refractivity contribution in [2.24, 2.45) is 23.7 Å². The van der Waals surface area contributed by atoms with Gasteiger partial charge in [0.15, 0.2) is 11.6 Å². The van der Waals surface area contributed by atoms with Crippen LogP contribution in [0.25, 0.3) is 0 Å². The molecule has 5 fully saturated rings. The van der Waals surface area contributed by atoms with Crippen LogP contribution in [0.3, 0.4) is 0 Å². The standard InChI is InChI=1S/C45H76N8O15/c1-11-25(7)20-27-15-16-45(64,68-31(27)12-2)44(10,63)42(61)48-32-34(24(5)6)67-41(60)33(23(3)4)53(66)40(59)35-43(9,62)17-19-49(35)37(56)30-21-28(54)22-47-51(30)36(55)26(8)52(65)38(57)29-14-13-18-46-50(29)39(32)58/h23-35,46-47,54,62-66H,11-22H2,1-10H3,(H,48,61)/t25-,26-,27+,28+,29+,30+,31+,32-,33-,34-,35+,43+,44+,45+/m0/s1/i1+1,2+1,7+1,9+1,10+1,11+1,12+1,17+1,19+1,20+1,25+1,31+1,35+1,40+1,42+1,43+1. The largest absolute Gasteiger partial charge is 0.458 e. The number of carbonyl (C=O) groups is 7. The van der Waals surface area contributed by atoms with Crippen LogP contribution >= 0.6 is 0 Å². The highest BCUT2D eigenvalue weighted by Crippen LogP contribution is 2.42. The molecule has 0 bridgehead atoms. The Bertz CT molecular complexity index is 1890. The number of fused-ring (bicyclic) bond motifs is 3. The van der Waals surface area contributed by atoms with Crippen molar-refractivity contribution in [2.45, 2.75) is 199 Å². The van der Waals surface area contributed by atoms with Gasteiger partial charge in [-0.25, -0.2) is 25.8 Å². The van der Waals surface area contributed by atoms with E-state index in [9.17, 15) is 59.6 Å². The van der Waals surface area contributed by atoms with Crippen molar-refractivity contribution in [1.29, 1.82) is 0 Å². The monoisotopic (exact) mass is 985 g/mol. The first kappa shape index (κ1) is 54.9. The van der Waals surface area contributed by atoms with Crippen LogP contribution in [0.15, 0.2) is 0 Å². The van der Waals surface area contributed by atoms with Crippen LogP contribution in [-0.2, 0) is 43.0 Å². The predicted molar refractivity (Wildman–Crippen MR) is 237 cm³/mol. The van der Waals surface area contributed by atoms with E-state index in [2.05, 4.69) is 30.0 Å². The zero-order valence-electron chi connectivity index (χ0n) is 41.1. The molecule has 0 unspecified atom stereocenters. The highest BCUT2D eigenvalue weighted by molar-refractivity contribution is 5.98. The van der Waals surface area contributed by atoms with E-state index >= 15 is 4.79 Å². The number of β-amino-alcohol motifs (C(OH)–C–C–N with tert-alkyl or cyclic N) is 1. The Hall–Kier alpha value is -4.07. The summed E-state index contributed by atoms with van der Waals surface area (Å²) in [5, 5.41) is 73.8. The number of amides is 6. The van der Waals surface area contributed by atoms with E-state index in [1.807, 2.05) is 6.92 Å². The zero-order chi connectivity index (χ0) is 51.0. The Kier molecular flexibility index (Phi) is 17.4. The first-order chi connectivity index (χ1) is 31.6. The average molecular weight is 985 g/mol. The summed E-state index contributed by atoms with van der Waals surface area (Å²) in [6.07, 6.45) is -1.48. The molecule has 5 saturated heterocycles. The van der Waals surface area contributed by atoms with E-state index in [1.54, 1.807) is 0 Å². The molecule has 68 heavy (non-hydrogen) atoms. The number of ether oxygens (including phenoxy) is 2. The Morgan fingerprint density at radius 1 is 0.882 bits per heavy atom. The molecular formula is C45H76N8O15. The third kappa shape index (κ3) is 10.8. The quantitative estimate of drug-likeness (QED) is 0.0784. The van der Waals surface area contributed by atoms with Gasteiger partial charge in [-0.1, -0.05) is 54.9 Å². The first-order valence-corrected chi connectivity index (χ1v) is 24.2. The summed E-state index contributed by atoms with van der Waals surface area (Å²) in [5.74, 6) is -12.1. The van der Waals surface area contributed by atoms with Gasteiger partial charge >= 0.3 is 5.97 Å². The van der Waals surface area contributed by atoms with Crippen LogP contribution in [0.5, 0.6) is 0 Å². The molecule has 386 valence electrons. The van der Waals surface area contributed by atoms with E-state index in [1.165, 1.54) is 34.6 Å². The van der Waals surface area contributed by atoms with Crippen LogP contribution in [0.2, 0.25) is 0 Å². The molecule has 0 saturated carbocycles. The molecule has 6 amide bonds. The molecule has 5 rings (SSSR count). The number of cyclic esters (lactones) is 1. The summed E-state index contributed by atoms with van der Waals surface area (Å²) in [7, 11) is 0. The van der Waals surface area contributed by atoms with Gasteiger partial charge in [-0.2, -0.15) is 0 Å². The third-order valence-electron chi connectivity index (χ3n) is 14.7. The molecule has 9 N–H and O–H groups in total. The van der Waals surface area contributed by atoms with E-state index in [0.717, 1.165) is 41.6 Å². The Balaban J connectivity index is 1.62. The fraction of sp³-hybridized carbons (Fsp3) is 0.844. The summed E-state index contributed by atoms with van der Waals surface area (Å²) in [6.45, 7) is 15.0. The second-order valence-electron chi connectivity index (χ2n) is 20.6. The van der Waals surface area contributed by atoms with Gasteiger partial charge in [-0.15, -0.1) is 0 Å². The maximum absolute atomic E-state index is 15.1. The minimum Gasteiger partial charge on any atom is -0.458 e. The first-order valence-electron chi connectivity index (χ1n) is 24.2. The molecule has 0 aromatic carbocycles. The van der Waals surface area contributed by atoms with E-state index in [0.29, 0.717) is 18.8 Å². The van der Waals surface area contributed by atoms with Crippen molar-refractivity contribution in [3.63, 3.8) is 0 Å². The van der Waals surface area contributed by atoms with Gasteiger partial charge in [-0.3, -0.25) is 49.2 Å². The van der Waals surface area contributed by atoms with Crippen LogP contribution in [-0.4, -0.2) is 188 Å². The van der Waals surface area contributed by atoms with Gasteiger partial charge in [0.25, 0.3) is 29.5 Å². The minimum absolute atomic E-state index is 0.0101. The zero-order valence-corrected chi connectivity index (χ0v) is 41.1. The number of aliphatic hydroxyl groups excluding tert-OH is 1. The number of hydrogen-bond donors (Lipinski definition) is 9. The molecule has 5 heterocycles. The molecule has 23 heteroatoms. The average Bonchev–Trinajstić information content (AvgIpc) is 3.62. The van der Waals surface area contributed by atoms with Gasteiger partial charge in [0, 0.05) is 32.5 Å². The number of hydrogen-bond acceptors (Lipinski definition) is 17. The topological polar surface area (TPSA) is 312 Å². The summed E-state index contributed by atoms with van der Waals surface area (Å²) < 4.78 is 12.2. The molecule has 0 aromatic rings. The van der Waals surface area contributed by atoms with Gasteiger partial charge in [0.1, 0.15) is 36.3 Å². The van der Waals surface area contributed by atoms with E-state index in [-0.39, 0.29) is 67.8 Å². The SMILES string of the molecule is CC(C)[C@H]1C(=O)O[C@@H](C(C)C)[C@H](N[13C](=O)[C@@]([13CH3])(O)[C@@]2(O)CC[C@H]([13CH2][13C@@H]([13CH3])[13CH2][13CH3])[13C@@H]([13CH2][13CH3])O2)C(=O)N2NCCC[C@@H]2C(=O)N(O)[C@@H](C)C(=O)N2NC[C@H](O)C[C@@H]2C(=O)N2[13CH2][13CH2][13C@@]([13CH3])(O)[13C@H]2[13C](=O)N1O. The second-order valence-corrected chi connectivity index (χ2v) is 20.6. The molecular weight excluding hydrogens is 908 g/mol. The van der Waals surface area contributed by atoms with Crippen molar-refractivity contribution in [2.75, 3.05) is 19.6 Å². The lowest BCUT2D eigenvalue weighted by atomic mass is 9.94. The van der Waals surface area contributed by atoms with Crippen molar-refractivity contribution >= 4 is 41.4 Å². The summed E-state index contributed by atoms with van der Waals surface area (Å²) in [6, 6.07) is -10.6. The van der Waals surface area contributed by atoms with Gasteiger partial charge in [-0.05, 0) is 83.0 Å². The molecule has 0 radical (unpaired) electrons. The molecule has 23 nitrogen and oxygen atoms in total. The third-order valence-corrected chi connectivity index (χ3v) is 14.7. The number of esters is 1. The van der Waals surface area contributed by atoms with Crippen molar-refractivity contribution in [3.05, 3.63) is 0 Å². The maximum atomic E-state index is 15.1. The lowest BCUT2D eigenvalue weighted by Crippen LogP contribution is -2.70. The van der Waals surface area contributed by atoms with Crippen LogP contribution in [0.4, 0.5) is 0 Å². The lowest BCUT2D eigenvalue weighted by molar-refractivity contribution is -0.329. The highest BCUT2D eigenvalue weighted by Gasteiger charge is 2.59. The smallest absolute Gasteiger partial charge is 0.332 e. The van der Waals surface area contributed by atoms with Crippen LogP contribution < -0.4 is 16.2 Å². The highest BCUT2D eigenvalue weighted by atomic mass is 16.7. The molecule has 0 aliphatic carbocycles. The Labute approximate surface area is 397 Å². The second kappa shape index (κ2) is 21.5.